The fourth-order valence-corrected chi connectivity index (χ4v) is 3.28. The molecule has 2 unspecified atom stereocenters. The molecule has 2 aromatic rings. The van der Waals surface area contributed by atoms with E-state index in [0.717, 1.165) is 30.6 Å². The molecule has 0 fully saturated rings. The van der Waals surface area contributed by atoms with Crippen molar-refractivity contribution in [1.29, 1.82) is 0 Å². The summed E-state index contributed by atoms with van der Waals surface area (Å²) >= 11 is 6.25. The molecule has 0 amide bonds. The Labute approximate surface area is 180 Å². The second kappa shape index (κ2) is 11.4. The van der Waals surface area contributed by atoms with E-state index in [-0.39, 0.29) is 11.7 Å². The van der Waals surface area contributed by atoms with Crippen molar-refractivity contribution in [2.45, 2.75) is 59.8 Å². The summed E-state index contributed by atoms with van der Waals surface area (Å²) in [5, 5.41) is 0.649. The van der Waals surface area contributed by atoms with E-state index in [9.17, 15) is 4.39 Å². The van der Waals surface area contributed by atoms with Crippen molar-refractivity contribution in [2.75, 3.05) is 13.2 Å². The quantitative estimate of drug-likeness (QED) is 0.371. The second-order valence-electron chi connectivity index (χ2n) is 8.44. The van der Waals surface area contributed by atoms with Crippen molar-refractivity contribution in [3.8, 4) is 11.5 Å². The van der Waals surface area contributed by atoms with E-state index in [0.29, 0.717) is 35.8 Å². The third kappa shape index (κ3) is 7.89. The first-order valence-corrected chi connectivity index (χ1v) is 11.0. The summed E-state index contributed by atoms with van der Waals surface area (Å²) in [7, 11) is 0. The van der Waals surface area contributed by atoms with Crippen LogP contribution in [0.4, 0.5) is 4.39 Å². The van der Waals surface area contributed by atoms with Crippen LogP contribution in [0.25, 0.3) is 0 Å². The number of ether oxygens (including phenoxy) is 2. The van der Waals surface area contributed by atoms with E-state index in [4.69, 9.17) is 21.1 Å². The first kappa shape index (κ1) is 23.5. The average molecular weight is 421 g/mol. The standard InChI is InChI=1S/C25H34ClFO2/c1-6-20-9-10-24(26)25(11-20)29-16-18(4)7-8-19(5)21-12-22(27)14-23(13-21)28-15-17(2)3/h9-14,17-19H,6-8,15-16H2,1-5H3. The van der Waals surface area contributed by atoms with E-state index < -0.39 is 0 Å². The molecule has 160 valence electrons. The van der Waals surface area contributed by atoms with Gasteiger partial charge in [0, 0.05) is 6.07 Å². The van der Waals surface area contributed by atoms with Crippen LogP contribution in [0.1, 0.15) is 64.5 Å². The average Bonchev–Trinajstić information content (AvgIpc) is 2.69. The van der Waals surface area contributed by atoms with Crippen LogP contribution in [-0.2, 0) is 6.42 Å². The SMILES string of the molecule is CCc1ccc(Cl)c(OCC(C)CCC(C)c2cc(F)cc(OCC(C)C)c2)c1. The van der Waals surface area contributed by atoms with E-state index in [2.05, 4.69) is 34.6 Å². The first-order chi connectivity index (χ1) is 13.8. The summed E-state index contributed by atoms with van der Waals surface area (Å²) < 4.78 is 25.7. The van der Waals surface area contributed by atoms with Crippen LogP contribution in [-0.4, -0.2) is 13.2 Å². The summed E-state index contributed by atoms with van der Waals surface area (Å²) in [6, 6.07) is 11.0. The van der Waals surface area contributed by atoms with Gasteiger partial charge in [-0.25, -0.2) is 4.39 Å². The molecule has 0 N–H and O–H groups in total. The highest BCUT2D eigenvalue weighted by Gasteiger charge is 2.13. The number of aryl methyl sites for hydroxylation is 1. The summed E-state index contributed by atoms with van der Waals surface area (Å²) in [5.41, 5.74) is 2.20. The van der Waals surface area contributed by atoms with Crippen molar-refractivity contribution in [3.05, 3.63) is 58.4 Å². The fraction of sp³-hybridized carbons (Fsp3) is 0.520. The molecule has 0 aromatic heterocycles. The van der Waals surface area contributed by atoms with E-state index in [1.807, 2.05) is 24.3 Å². The maximum Gasteiger partial charge on any atom is 0.138 e. The Balaban J connectivity index is 1.87. The number of halogens is 2. The zero-order valence-electron chi connectivity index (χ0n) is 18.3. The third-order valence-electron chi connectivity index (χ3n) is 5.07. The second-order valence-corrected chi connectivity index (χ2v) is 8.85. The van der Waals surface area contributed by atoms with Gasteiger partial charge in [0.1, 0.15) is 17.3 Å². The molecule has 2 atom stereocenters. The molecule has 0 aliphatic carbocycles. The minimum atomic E-state index is -0.241. The maximum absolute atomic E-state index is 14.0. The molecule has 4 heteroatoms. The Morgan fingerprint density at radius 1 is 0.931 bits per heavy atom. The zero-order chi connectivity index (χ0) is 21.4. The minimum absolute atomic E-state index is 0.241. The van der Waals surface area contributed by atoms with Crippen molar-refractivity contribution < 1.29 is 13.9 Å². The Hall–Kier alpha value is -1.74. The third-order valence-corrected chi connectivity index (χ3v) is 5.38. The maximum atomic E-state index is 14.0. The number of hydrogen-bond donors (Lipinski definition) is 0. The number of rotatable bonds is 11. The molecule has 0 aliphatic rings. The lowest BCUT2D eigenvalue weighted by molar-refractivity contribution is 0.247. The Morgan fingerprint density at radius 2 is 1.69 bits per heavy atom. The summed E-state index contributed by atoms with van der Waals surface area (Å²) in [4.78, 5) is 0. The largest absolute Gasteiger partial charge is 0.493 e. The van der Waals surface area contributed by atoms with Crippen LogP contribution in [0.5, 0.6) is 11.5 Å². The van der Waals surface area contributed by atoms with Gasteiger partial charge in [0.25, 0.3) is 0 Å². The number of hydrogen-bond acceptors (Lipinski definition) is 2. The first-order valence-electron chi connectivity index (χ1n) is 10.6. The minimum Gasteiger partial charge on any atom is -0.493 e. The van der Waals surface area contributed by atoms with Gasteiger partial charge in [0.2, 0.25) is 0 Å². The van der Waals surface area contributed by atoms with Gasteiger partial charge in [-0.05, 0) is 72.4 Å². The molecule has 0 radical (unpaired) electrons. The molecule has 0 heterocycles. The van der Waals surface area contributed by atoms with Crippen LogP contribution >= 0.6 is 11.6 Å². The Kier molecular flexibility index (Phi) is 9.29. The van der Waals surface area contributed by atoms with E-state index in [1.54, 1.807) is 6.07 Å². The molecule has 0 aliphatic heterocycles. The molecule has 0 saturated heterocycles. The lowest BCUT2D eigenvalue weighted by Crippen LogP contribution is -2.10. The molecule has 2 rings (SSSR count). The van der Waals surface area contributed by atoms with Crippen LogP contribution in [0.2, 0.25) is 5.02 Å². The highest BCUT2D eigenvalue weighted by Crippen LogP contribution is 2.29. The number of benzene rings is 2. The fourth-order valence-electron chi connectivity index (χ4n) is 3.11. The molecule has 2 aromatic carbocycles. The highest BCUT2D eigenvalue weighted by molar-refractivity contribution is 6.32. The normalized spacial score (nSPS) is 13.4. The van der Waals surface area contributed by atoms with Crippen LogP contribution in [0.15, 0.2) is 36.4 Å². The van der Waals surface area contributed by atoms with Gasteiger partial charge in [-0.15, -0.1) is 0 Å². The van der Waals surface area contributed by atoms with Gasteiger partial charge in [-0.2, -0.15) is 0 Å². The summed E-state index contributed by atoms with van der Waals surface area (Å²) in [6.45, 7) is 11.8. The van der Waals surface area contributed by atoms with Crippen molar-refractivity contribution in [2.24, 2.45) is 11.8 Å². The molecule has 0 saturated carbocycles. The predicted octanol–water partition coefficient (Wildman–Crippen LogP) is 7.68. The summed E-state index contributed by atoms with van der Waals surface area (Å²) in [5.74, 6) is 2.16. The molecular formula is C25H34ClFO2. The van der Waals surface area contributed by atoms with E-state index >= 15 is 0 Å². The van der Waals surface area contributed by atoms with Crippen molar-refractivity contribution >= 4 is 11.6 Å². The lowest BCUT2D eigenvalue weighted by atomic mass is 9.92. The molecular weight excluding hydrogens is 387 g/mol. The molecule has 0 spiro atoms. The molecule has 0 bridgehead atoms. The topological polar surface area (TPSA) is 18.5 Å². The highest BCUT2D eigenvalue weighted by atomic mass is 35.5. The predicted molar refractivity (Wildman–Crippen MR) is 120 cm³/mol. The zero-order valence-corrected chi connectivity index (χ0v) is 19.1. The summed E-state index contributed by atoms with van der Waals surface area (Å²) in [6.07, 6.45) is 2.91. The van der Waals surface area contributed by atoms with Crippen LogP contribution in [0.3, 0.4) is 0 Å². The van der Waals surface area contributed by atoms with Gasteiger partial charge in [0.05, 0.1) is 18.2 Å². The smallest absolute Gasteiger partial charge is 0.138 e. The van der Waals surface area contributed by atoms with Gasteiger partial charge in [-0.1, -0.05) is 52.3 Å². The van der Waals surface area contributed by atoms with Crippen molar-refractivity contribution in [3.63, 3.8) is 0 Å². The van der Waals surface area contributed by atoms with Crippen LogP contribution < -0.4 is 9.47 Å². The monoisotopic (exact) mass is 420 g/mol. The van der Waals surface area contributed by atoms with Gasteiger partial charge >= 0.3 is 0 Å². The van der Waals surface area contributed by atoms with Crippen molar-refractivity contribution in [1.82, 2.24) is 0 Å². The molecule has 2 nitrogen and oxygen atoms in total. The van der Waals surface area contributed by atoms with E-state index in [1.165, 1.54) is 11.6 Å². The lowest BCUT2D eigenvalue weighted by Gasteiger charge is -2.18. The Bertz CT molecular complexity index is 775. The van der Waals surface area contributed by atoms with Gasteiger partial charge in [0.15, 0.2) is 0 Å². The molecule has 29 heavy (non-hydrogen) atoms. The van der Waals surface area contributed by atoms with Gasteiger partial charge in [-0.3, -0.25) is 0 Å². The van der Waals surface area contributed by atoms with Gasteiger partial charge < -0.3 is 9.47 Å². The Morgan fingerprint density at radius 3 is 2.38 bits per heavy atom. The van der Waals surface area contributed by atoms with Crippen LogP contribution in [0, 0.1) is 17.7 Å².